The van der Waals surface area contributed by atoms with Crippen molar-refractivity contribution in [3.63, 3.8) is 0 Å². The fourth-order valence-electron chi connectivity index (χ4n) is 2.25. The van der Waals surface area contributed by atoms with E-state index >= 15 is 0 Å². The van der Waals surface area contributed by atoms with Crippen LogP contribution in [-0.2, 0) is 14.3 Å². The third-order valence-corrected chi connectivity index (χ3v) is 3.57. The van der Waals surface area contributed by atoms with Crippen LogP contribution in [0.1, 0.15) is 27.1 Å². The molecule has 0 saturated heterocycles. The van der Waals surface area contributed by atoms with Crippen LogP contribution in [0.15, 0.2) is 60.7 Å². The summed E-state index contributed by atoms with van der Waals surface area (Å²) in [6.45, 7) is 0. The topological polar surface area (TPSA) is 69.7 Å². The van der Waals surface area contributed by atoms with Gasteiger partial charge in [0.25, 0.3) is 0 Å². The first-order chi connectivity index (χ1) is 11.1. The van der Waals surface area contributed by atoms with E-state index in [4.69, 9.17) is 9.47 Å². The van der Waals surface area contributed by atoms with Gasteiger partial charge in [0.15, 0.2) is 18.0 Å². The second kappa shape index (κ2) is 6.44. The molecule has 0 N–H and O–H groups in total. The van der Waals surface area contributed by atoms with Crippen molar-refractivity contribution in [1.82, 2.24) is 0 Å². The van der Waals surface area contributed by atoms with E-state index < -0.39 is 24.1 Å². The lowest BCUT2D eigenvalue weighted by atomic mass is 9.89. The Labute approximate surface area is 132 Å². The largest absolute Gasteiger partial charge is 0.454 e. The maximum atomic E-state index is 12.0. The first-order valence-electron chi connectivity index (χ1n) is 7.20. The van der Waals surface area contributed by atoms with Crippen molar-refractivity contribution in [3.8, 4) is 0 Å². The van der Waals surface area contributed by atoms with Crippen LogP contribution in [0.4, 0.5) is 0 Å². The van der Waals surface area contributed by atoms with Crippen molar-refractivity contribution in [2.24, 2.45) is 0 Å². The highest BCUT2D eigenvalue weighted by Crippen LogP contribution is 2.25. The Morgan fingerprint density at radius 3 is 1.74 bits per heavy atom. The fourth-order valence-corrected chi connectivity index (χ4v) is 2.25. The molecule has 1 aliphatic carbocycles. The van der Waals surface area contributed by atoms with E-state index in [2.05, 4.69) is 0 Å². The van der Waals surface area contributed by atoms with Crippen LogP contribution in [0.3, 0.4) is 0 Å². The SMILES string of the molecule is O=C(O[C@@H]1C(=O)C[C@H]1OC(=O)c1ccccc1)c1ccccc1. The highest BCUT2D eigenvalue weighted by Gasteiger charge is 2.46. The molecule has 0 aliphatic heterocycles. The van der Waals surface area contributed by atoms with Gasteiger partial charge in [-0.1, -0.05) is 36.4 Å². The number of ether oxygens (including phenoxy) is 2. The number of hydrogen-bond donors (Lipinski definition) is 0. The molecule has 0 unspecified atom stereocenters. The third kappa shape index (κ3) is 3.29. The highest BCUT2D eigenvalue weighted by molar-refractivity contribution is 5.97. The lowest BCUT2D eigenvalue weighted by Gasteiger charge is -2.33. The number of benzene rings is 2. The molecule has 3 rings (SSSR count). The molecule has 1 saturated carbocycles. The van der Waals surface area contributed by atoms with Gasteiger partial charge in [0.2, 0.25) is 0 Å². The summed E-state index contributed by atoms with van der Waals surface area (Å²) in [4.78, 5) is 35.6. The highest BCUT2D eigenvalue weighted by atomic mass is 16.6. The number of hydrogen-bond acceptors (Lipinski definition) is 5. The summed E-state index contributed by atoms with van der Waals surface area (Å²) in [5.74, 6) is -1.39. The number of Topliss-reactive ketones (excluding diaryl/α,β-unsaturated/α-hetero) is 1. The Hall–Kier alpha value is -2.95. The Morgan fingerprint density at radius 2 is 1.26 bits per heavy atom. The van der Waals surface area contributed by atoms with Crippen molar-refractivity contribution in [3.05, 3.63) is 71.8 Å². The number of rotatable bonds is 4. The van der Waals surface area contributed by atoms with E-state index in [0.717, 1.165) is 0 Å². The van der Waals surface area contributed by atoms with Gasteiger partial charge in [0.05, 0.1) is 17.5 Å². The van der Waals surface area contributed by atoms with Crippen LogP contribution in [0.5, 0.6) is 0 Å². The van der Waals surface area contributed by atoms with Gasteiger partial charge in [-0.2, -0.15) is 0 Å². The number of carbonyl (C=O) groups excluding carboxylic acids is 3. The molecule has 5 heteroatoms. The summed E-state index contributed by atoms with van der Waals surface area (Å²) in [6, 6.07) is 16.8. The minimum absolute atomic E-state index is 0.0608. The normalized spacial score (nSPS) is 19.6. The third-order valence-electron chi connectivity index (χ3n) is 3.57. The molecular formula is C18H14O5. The smallest absolute Gasteiger partial charge is 0.338 e. The van der Waals surface area contributed by atoms with Gasteiger partial charge in [-0.25, -0.2) is 9.59 Å². The quantitative estimate of drug-likeness (QED) is 0.811. The molecule has 116 valence electrons. The maximum absolute atomic E-state index is 12.0. The summed E-state index contributed by atoms with van der Waals surface area (Å²) < 4.78 is 10.4. The van der Waals surface area contributed by atoms with Crippen molar-refractivity contribution in [2.45, 2.75) is 18.6 Å². The predicted molar refractivity (Wildman–Crippen MR) is 80.9 cm³/mol. The van der Waals surface area contributed by atoms with Crippen LogP contribution < -0.4 is 0 Å². The number of esters is 2. The average Bonchev–Trinajstić information content (AvgIpc) is 2.60. The summed E-state index contributed by atoms with van der Waals surface area (Å²) >= 11 is 0. The van der Waals surface area contributed by atoms with E-state index in [1.165, 1.54) is 0 Å². The molecule has 2 aromatic carbocycles. The Balaban J connectivity index is 1.62. The first kappa shape index (κ1) is 15.0. The summed E-state index contributed by atoms with van der Waals surface area (Å²) in [7, 11) is 0. The molecule has 0 spiro atoms. The zero-order valence-corrected chi connectivity index (χ0v) is 12.2. The van der Waals surface area contributed by atoms with Crippen molar-refractivity contribution in [1.29, 1.82) is 0 Å². The van der Waals surface area contributed by atoms with E-state index in [0.29, 0.717) is 11.1 Å². The molecule has 2 atom stereocenters. The Morgan fingerprint density at radius 1 is 0.783 bits per heavy atom. The van der Waals surface area contributed by atoms with E-state index in [1.807, 2.05) is 0 Å². The van der Waals surface area contributed by atoms with Gasteiger partial charge in [0.1, 0.15) is 0 Å². The molecule has 0 radical (unpaired) electrons. The van der Waals surface area contributed by atoms with Gasteiger partial charge in [-0.15, -0.1) is 0 Å². The average molecular weight is 310 g/mol. The second-order valence-corrected chi connectivity index (χ2v) is 5.17. The molecule has 2 aromatic rings. The standard InChI is InChI=1S/C18H14O5/c19-14-11-15(22-17(20)12-7-3-1-4-8-12)16(14)23-18(21)13-9-5-2-6-10-13/h1-10,15-16H,11H2/t15-,16-/m1/s1. The maximum Gasteiger partial charge on any atom is 0.338 e. The van der Waals surface area contributed by atoms with Crippen molar-refractivity contribution in [2.75, 3.05) is 0 Å². The van der Waals surface area contributed by atoms with Crippen LogP contribution >= 0.6 is 0 Å². The van der Waals surface area contributed by atoms with E-state index in [-0.39, 0.29) is 12.2 Å². The zero-order chi connectivity index (χ0) is 16.2. The molecule has 0 aromatic heterocycles. The fraction of sp³-hybridized carbons (Fsp3) is 0.167. The monoisotopic (exact) mass is 310 g/mol. The summed E-state index contributed by atoms with van der Waals surface area (Å²) in [5, 5.41) is 0. The van der Waals surface area contributed by atoms with Gasteiger partial charge < -0.3 is 9.47 Å². The van der Waals surface area contributed by atoms with Gasteiger partial charge in [-0.3, -0.25) is 4.79 Å². The Kier molecular flexibility index (Phi) is 4.19. The van der Waals surface area contributed by atoms with Gasteiger partial charge >= 0.3 is 11.9 Å². The molecule has 0 amide bonds. The number of carbonyl (C=O) groups is 3. The van der Waals surface area contributed by atoms with Crippen molar-refractivity contribution < 1.29 is 23.9 Å². The van der Waals surface area contributed by atoms with Crippen LogP contribution in [-0.4, -0.2) is 29.9 Å². The predicted octanol–water partition coefficient (Wildman–Crippen LogP) is 2.41. The minimum atomic E-state index is -1.03. The zero-order valence-electron chi connectivity index (χ0n) is 12.2. The molecule has 5 nitrogen and oxygen atoms in total. The minimum Gasteiger partial charge on any atom is -0.454 e. The molecule has 0 heterocycles. The lowest BCUT2D eigenvalue weighted by Crippen LogP contribution is -2.52. The van der Waals surface area contributed by atoms with Crippen LogP contribution in [0, 0.1) is 0 Å². The van der Waals surface area contributed by atoms with Crippen LogP contribution in [0.2, 0.25) is 0 Å². The second-order valence-electron chi connectivity index (χ2n) is 5.17. The summed E-state index contributed by atoms with van der Waals surface area (Å²) in [6.07, 6.45) is -1.70. The van der Waals surface area contributed by atoms with Gasteiger partial charge in [0, 0.05) is 0 Å². The van der Waals surface area contributed by atoms with E-state index in [9.17, 15) is 14.4 Å². The number of ketones is 1. The molecular weight excluding hydrogens is 296 g/mol. The molecule has 1 aliphatic rings. The lowest BCUT2D eigenvalue weighted by molar-refractivity contribution is -0.151. The van der Waals surface area contributed by atoms with E-state index in [1.54, 1.807) is 60.7 Å². The Bertz CT molecular complexity index is 724. The molecule has 1 fully saturated rings. The molecule has 23 heavy (non-hydrogen) atoms. The van der Waals surface area contributed by atoms with Crippen molar-refractivity contribution >= 4 is 17.7 Å². The first-order valence-corrected chi connectivity index (χ1v) is 7.20. The van der Waals surface area contributed by atoms with Gasteiger partial charge in [-0.05, 0) is 24.3 Å². The van der Waals surface area contributed by atoms with Crippen LogP contribution in [0.25, 0.3) is 0 Å². The molecule has 0 bridgehead atoms. The summed E-state index contributed by atoms with van der Waals surface area (Å²) in [5.41, 5.74) is 0.736.